The maximum Gasteiger partial charge on any atom is 0.318 e. The van der Waals surface area contributed by atoms with E-state index in [1.807, 2.05) is 19.9 Å². The van der Waals surface area contributed by atoms with Crippen LogP contribution in [0.4, 0.5) is 11.4 Å². The number of rotatable bonds is 7. The number of ether oxygens (including phenoxy) is 1. The molecular formula is C17H16N4O7. The molecule has 2 aromatic rings. The summed E-state index contributed by atoms with van der Waals surface area (Å²) in [6.45, 7) is 3.40. The Morgan fingerprint density at radius 2 is 1.96 bits per heavy atom. The summed E-state index contributed by atoms with van der Waals surface area (Å²) in [5, 5.41) is 35.1. The number of non-ortho nitro benzene ring substituents is 1. The minimum atomic E-state index is -0.962. The van der Waals surface area contributed by atoms with Crippen molar-refractivity contribution < 1.29 is 24.5 Å². The lowest BCUT2D eigenvalue weighted by Crippen LogP contribution is -2.24. The first-order valence-electron chi connectivity index (χ1n) is 7.87. The van der Waals surface area contributed by atoms with Crippen molar-refractivity contribution >= 4 is 23.5 Å². The zero-order valence-corrected chi connectivity index (χ0v) is 14.9. The SMILES string of the molecule is Cc1cccc(OCC(=O)NN=Cc2cc([N+](=O)[O-])cc([N+](=O)[O-])c2O)c1C. The number of hydrazone groups is 1. The Kier molecular flexibility index (Phi) is 6.22. The van der Waals surface area contributed by atoms with E-state index in [1.54, 1.807) is 12.1 Å². The number of amides is 1. The first kappa shape index (κ1) is 20.3. The van der Waals surface area contributed by atoms with Crippen molar-refractivity contribution in [1.82, 2.24) is 5.43 Å². The minimum Gasteiger partial charge on any atom is -0.502 e. The van der Waals surface area contributed by atoms with Crippen LogP contribution in [0.25, 0.3) is 0 Å². The molecule has 0 aliphatic heterocycles. The van der Waals surface area contributed by atoms with Crippen LogP contribution in [0.2, 0.25) is 0 Å². The average molecular weight is 388 g/mol. The quantitative estimate of drug-likeness (QED) is 0.418. The molecule has 0 unspecified atom stereocenters. The molecule has 2 N–H and O–H groups in total. The summed E-state index contributed by atoms with van der Waals surface area (Å²) in [5.74, 6) is -0.900. The summed E-state index contributed by atoms with van der Waals surface area (Å²) < 4.78 is 5.39. The summed E-state index contributed by atoms with van der Waals surface area (Å²) >= 11 is 0. The highest BCUT2D eigenvalue weighted by atomic mass is 16.6. The number of benzene rings is 2. The second-order valence-corrected chi connectivity index (χ2v) is 5.70. The first-order valence-corrected chi connectivity index (χ1v) is 7.87. The molecule has 0 fully saturated rings. The Hall–Kier alpha value is -4.02. The molecule has 0 heterocycles. The molecule has 28 heavy (non-hydrogen) atoms. The van der Waals surface area contributed by atoms with Crippen molar-refractivity contribution in [1.29, 1.82) is 0 Å². The number of nitro benzene ring substituents is 2. The van der Waals surface area contributed by atoms with Crippen LogP contribution in [-0.2, 0) is 4.79 Å². The second kappa shape index (κ2) is 8.58. The zero-order chi connectivity index (χ0) is 20.8. The van der Waals surface area contributed by atoms with Gasteiger partial charge in [0.2, 0.25) is 5.75 Å². The fourth-order valence-corrected chi connectivity index (χ4v) is 2.20. The van der Waals surface area contributed by atoms with E-state index in [2.05, 4.69) is 10.5 Å². The molecule has 2 rings (SSSR count). The zero-order valence-electron chi connectivity index (χ0n) is 14.9. The van der Waals surface area contributed by atoms with Gasteiger partial charge in [-0.2, -0.15) is 5.10 Å². The van der Waals surface area contributed by atoms with Gasteiger partial charge in [-0.25, -0.2) is 5.43 Å². The van der Waals surface area contributed by atoms with Crippen LogP contribution in [0.5, 0.6) is 11.5 Å². The third kappa shape index (κ3) is 4.78. The van der Waals surface area contributed by atoms with E-state index < -0.39 is 32.9 Å². The molecule has 0 spiro atoms. The number of carbonyl (C=O) groups excluding carboxylic acids is 1. The van der Waals surface area contributed by atoms with Crippen molar-refractivity contribution in [3.63, 3.8) is 0 Å². The van der Waals surface area contributed by atoms with Crippen LogP contribution in [0.15, 0.2) is 35.4 Å². The second-order valence-electron chi connectivity index (χ2n) is 5.70. The van der Waals surface area contributed by atoms with Crippen LogP contribution in [0.3, 0.4) is 0 Å². The standard InChI is InChI=1S/C17H16N4O7/c1-10-4-3-5-15(11(10)2)28-9-16(22)19-18-8-12-6-13(20(24)25)7-14(17(12)23)21(26)27/h3-8,23H,9H2,1-2H3,(H,19,22). The van der Waals surface area contributed by atoms with Crippen molar-refractivity contribution in [3.05, 3.63) is 67.3 Å². The van der Waals surface area contributed by atoms with Gasteiger partial charge in [0.15, 0.2) is 6.61 Å². The van der Waals surface area contributed by atoms with E-state index in [4.69, 9.17) is 4.74 Å². The third-order valence-electron chi connectivity index (χ3n) is 3.82. The van der Waals surface area contributed by atoms with Gasteiger partial charge in [-0.3, -0.25) is 25.0 Å². The highest BCUT2D eigenvalue weighted by molar-refractivity contribution is 5.88. The molecule has 0 saturated heterocycles. The number of hydrogen-bond donors (Lipinski definition) is 2. The molecule has 1 amide bonds. The van der Waals surface area contributed by atoms with E-state index in [9.17, 15) is 30.1 Å². The number of nitrogens with one attached hydrogen (secondary N) is 1. The minimum absolute atomic E-state index is 0.295. The Bertz CT molecular complexity index is 972. The van der Waals surface area contributed by atoms with E-state index in [0.29, 0.717) is 11.8 Å². The van der Waals surface area contributed by atoms with Crippen LogP contribution in [-0.4, -0.2) is 33.7 Å². The largest absolute Gasteiger partial charge is 0.502 e. The lowest BCUT2D eigenvalue weighted by molar-refractivity contribution is -0.394. The fourth-order valence-electron chi connectivity index (χ4n) is 2.20. The lowest BCUT2D eigenvalue weighted by Gasteiger charge is -2.09. The van der Waals surface area contributed by atoms with Gasteiger partial charge in [0.25, 0.3) is 11.6 Å². The normalized spacial score (nSPS) is 10.6. The summed E-state index contributed by atoms with van der Waals surface area (Å²) in [7, 11) is 0. The number of hydrogen-bond acceptors (Lipinski definition) is 8. The first-order chi connectivity index (χ1) is 13.2. The van der Waals surface area contributed by atoms with Gasteiger partial charge in [-0.15, -0.1) is 0 Å². The molecule has 11 heteroatoms. The number of carbonyl (C=O) groups is 1. The van der Waals surface area contributed by atoms with Crippen LogP contribution in [0, 0.1) is 34.1 Å². The van der Waals surface area contributed by atoms with Crippen LogP contribution < -0.4 is 10.2 Å². The molecule has 0 atom stereocenters. The van der Waals surface area contributed by atoms with E-state index in [0.717, 1.165) is 23.4 Å². The van der Waals surface area contributed by atoms with Gasteiger partial charge in [-0.05, 0) is 31.0 Å². The molecule has 0 aliphatic carbocycles. The monoisotopic (exact) mass is 388 g/mol. The number of nitro groups is 2. The molecule has 0 aliphatic rings. The summed E-state index contributed by atoms with van der Waals surface area (Å²) in [6.07, 6.45) is 0.866. The molecule has 2 aromatic carbocycles. The van der Waals surface area contributed by atoms with Gasteiger partial charge in [0.1, 0.15) is 5.75 Å². The summed E-state index contributed by atoms with van der Waals surface area (Å²) in [5.41, 5.74) is 2.25. The lowest BCUT2D eigenvalue weighted by atomic mass is 10.1. The topological polar surface area (TPSA) is 157 Å². The highest BCUT2D eigenvalue weighted by Crippen LogP contribution is 2.33. The molecule has 11 nitrogen and oxygen atoms in total. The van der Waals surface area contributed by atoms with Crippen molar-refractivity contribution in [2.24, 2.45) is 5.10 Å². The predicted octanol–water partition coefficient (Wildman–Crippen LogP) is 2.35. The summed E-state index contributed by atoms with van der Waals surface area (Å²) in [4.78, 5) is 31.8. The molecular weight excluding hydrogens is 372 g/mol. The molecule has 0 aromatic heterocycles. The van der Waals surface area contributed by atoms with Gasteiger partial charge in [0.05, 0.1) is 27.7 Å². The van der Waals surface area contributed by atoms with Gasteiger partial charge in [-0.1, -0.05) is 12.1 Å². The Morgan fingerprint density at radius 1 is 1.25 bits per heavy atom. The van der Waals surface area contributed by atoms with E-state index >= 15 is 0 Å². The van der Waals surface area contributed by atoms with Gasteiger partial charge >= 0.3 is 5.69 Å². The van der Waals surface area contributed by atoms with Gasteiger partial charge in [0, 0.05) is 6.07 Å². The number of phenols is 1. The van der Waals surface area contributed by atoms with Gasteiger partial charge < -0.3 is 9.84 Å². The molecule has 0 bridgehead atoms. The molecule has 0 radical (unpaired) electrons. The number of phenolic OH excluding ortho intramolecular Hbond substituents is 1. The Balaban J connectivity index is 2.07. The van der Waals surface area contributed by atoms with Crippen molar-refractivity contribution in [3.8, 4) is 11.5 Å². The van der Waals surface area contributed by atoms with Crippen molar-refractivity contribution in [2.75, 3.05) is 6.61 Å². The average Bonchev–Trinajstić information content (AvgIpc) is 2.63. The van der Waals surface area contributed by atoms with Crippen LogP contribution in [0.1, 0.15) is 16.7 Å². The fraction of sp³-hybridized carbons (Fsp3) is 0.176. The molecule has 0 saturated carbocycles. The molecule has 146 valence electrons. The summed E-state index contributed by atoms with van der Waals surface area (Å²) in [6, 6.07) is 6.91. The van der Waals surface area contributed by atoms with E-state index in [1.165, 1.54) is 0 Å². The van der Waals surface area contributed by atoms with Crippen LogP contribution >= 0.6 is 0 Å². The number of nitrogens with zero attached hydrogens (tertiary/aromatic N) is 3. The van der Waals surface area contributed by atoms with E-state index in [-0.39, 0.29) is 12.2 Å². The third-order valence-corrected chi connectivity index (χ3v) is 3.82. The number of aryl methyl sites for hydroxylation is 1. The maximum absolute atomic E-state index is 11.8. The smallest absolute Gasteiger partial charge is 0.318 e. The predicted molar refractivity (Wildman–Crippen MR) is 98.6 cm³/mol. The maximum atomic E-state index is 11.8. The van der Waals surface area contributed by atoms with Crippen molar-refractivity contribution in [2.45, 2.75) is 13.8 Å². The number of aromatic hydroxyl groups is 1. The highest BCUT2D eigenvalue weighted by Gasteiger charge is 2.23. The Labute approximate surface area is 158 Å². The Morgan fingerprint density at radius 3 is 2.61 bits per heavy atom.